The minimum Gasteiger partial charge on any atom is -0.497 e. The van der Waals surface area contributed by atoms with Gasteiger partial charge in [-0.25, -0.2) is 23.6 Å². The lowest BCUT2D eigenvalue weighted by atomic mass is 10.1. The van der Waals surface area contributed by atoms with Crippen LogP contribution in [0.15, 0.2) is 65.5 Å². The molecule has 1 aliphatic rings. The van der Waals surface area contributed by atoms with Crippen molar-refractivity contribution in [3.8, 4) is 11.5 Å². The molecule has 282 valence electrons. The van der Waals surface area contributed by atoms with E-state index < -0.39 is 47.6 Å². The lowest BCUT2D eigenvalue weighted by Crippen LogP contribution is -2.61. The van der Waals surface area contributed by atoms with Gasteiger partial charge in [-0.15, -0.1) is 0 Å². The molecule has 0 bridgehead atoms. The Labute approximate surface area is 309 Å². The maximum absolute atomic E-state index is 14.4. The van der Waals surface area contributed by atoms with Crippen molar-refractivity contribution < 1.29 is 38.1 Å². The number of hydrogen-bond acceptors (Lipinski definition) is 10. The maximum Gasteiger partial charge on any atom is 0.407 e. The Morgan fingerprint density at radius 1 is 1.00 bits per heavy atom. The number of fused-ring (bicyclic) bond motifs is 1. The van der Waals surface area contributed by atoms with Crippen molar-refractivity contribution in [2.75, 3.05) is 62.2 Å². The zero-order chi connectivity index (χ0) is 38.4. The van der Waals surface area contributed by atoms with Crippen molar-refractivity contribution in [1.82, 2.24) is 19.9 Å². The van der Waals surface area contributed by atoms with Crippen LogP contribution in [0.25, 0.3) is 10.9 Å². The predicted molar refractivity (Wildman–Crippen MR) is 197 cm³/mol. The largest absolute Gasteiger partial charge is 0.497 e. The van der Waals surface area contributed by atoms with E-state index in [1.54, 1.807) is 55.3 Å². The van der Waals surface area contributed by atoms with E-state index in [0.29, 0.717) is 27.7 Å². The van der Waals surface area contributed by atoms with Gasteiger partial charge < -0.3 is 39.9 Å². The predicted octanol–water partition coefficient (Wildman–Crippen LogP) is 4.28. The minimum atomic E-state index is -1.25. The van der Waals surface area contributed by atoms with Crippen LogP contribution in [0.5, 0.6) is 11.5 Å². The van der Waals surface area contributed by atoms with E-state index in [-0.39, 0.29) is 49.7 Å². The Morgan fingerprint density at radius 2 is 1.70 bits per heavy atom. The zero-order valence-electron chi connectivity index (χ0n) is 29.8. The highest BCUT2D eigenvalue weighted by Crippen LogP contribution is 2.37. The number of urea groups is 1. The number of aromatic nitrogens is 2. The molecule has 0 aliphatic carbocycles. The number of nitrogens with one attached hydrogen (secondary N) is 2. The van der Waals surface area contributed by atoms with Crippen molar-refractivity contribution in [3.05, 3.63) is 87.7 Å². The Kier molecular flexibility index (Phi) is 12.3. The number of amides is 4. The highest BCUT2D eigenvalue weighted by molar-refractivity contribution is 6.31. The third-order valence-corrected chi connectivity index (χ3v) is 8.94. The molecule has 17 heteroatoms. The van der Waals surface area contributed by atoms with Gasteiger partial charge in [-0.05, 0) is 75.4 Å². The summed E-state index contributed by atoms with van der Waals surface area (Å²) in [5.74, 6) is -0.0983. The summed E-state index contributed by atoms with van der Waals surface area (Å²) in [6.45, 7) is 5.31. The van der Waals surface area contributed by atoms with E-state index in [1.807, 2.05) is 0 Å². The molecule has 4 aromatic rings. The summed E-state index contributed by atoms with van der Waals surface area (Å²) in [5.41, 5.74) is 0.464. The monoisotopic (exact) mass is 753 g/mol. The summed E-state index contributed by atoms with van der Waals surface area (Å²) in [6.07, 6.45) is -2.04. The first-order chi connectivity index (χ1) is 25.4. The van der Waals surface area contributed by atoms with Crippen LogP contribution in [0.4, 0.5) is 25.4 Å². The van der Waals surface area contributed by atoms with Gasteiger partial charge in [0, 0.05) is 29.9 Å². The minimum absolute atomic E-state index is 0.0866. The zero-order valence-corrected chi connectivity index (χ0v) is 30.6. The third kappa shape index (κ3) is 8.55. The number of halogens is 2. The van der Waals surface area contributed by atoms with Crippen molar-refractivity contribution in [3.63, 3.8) is 0 Å². The van der Waals surface area contributed by atoms with Gasteiger partial charge in [0.2, 0.25) is 5.91 Å². The second-order valence-corrected chi connectivity index (χ2v) is 12.6. The van der Waals surface area contributed by atoms with Crippen molar-refractivity contribution in [2.24, 2.45) is 0 Å². The molecule has 0 radical (unpaired) electrons. The van der Waals surface area contributed by atoms with E-state index in [0.717, 1.165) is 0 Å². The lowest BCUT2D eigenvalue weighted by Gasteiger charge is -2.40. The number of carbonyl (C=O) groups is 3. The fourth-order valence-electron chi connectivity index (χ4n) is 6.02. The van der Waals surface area contributed by atoms with Crippen LogP contribution in [0.1, 0.15) is 32.6 Å². The van der Waals surface area contributed by atoms with Crippen molar-refractivity contribution in [1.29, 1.82) is 0 Å². The second-order valence-electron chi connectivity index (χ2n) is 12.1. The van der Waals surface area contributed by atoms with Gasteiger partial charge in [0.1, 0.15) is 23.4 Å². The highest BCUT2D eigenvalue weighted by Gasteiger charge is 2.35. The van der Waals surface area contributed by atoms with Gasteiger partial charge in [-0.3, -0.25) is 14.5 Å². The number of piperazine rings is 1. The molecule has 2 heterocycles. The Hall–Kier alpha value is -5.61. The standard InChI is InChI=1S/C36H41ClFN7O8/c1-6-53-36(50)41-31(22(3)46)34(48)42-15-17-43(18-16-42)45-32(40-28-19-23(37)7-13-27(28)33(45)47)21(2)44(29-14-12-26(51-4)20-30(29)52-5)35(49)39-25-10-8-24(38)9-11-25/h7-14,19-22,31,46H,6,15-18H2,1-5H3,(H,39,49)(H,41,50). The van der Waals surface area contributed by atoms with Crippen LogP contribution < -0.4 is 35.6 Å². The summed E-state index contributed by atoms with van der Waals surface area (Å²) in [7, 11) is 2.93. The SMILES string of the molecule is CCOC(=O)NC(C(=O)N1CCN(n2c(C(C)N(C(=O)Nc3ccc(F)cc3)c3ccc(OC)cc3OC)nc3cc(Cl)ccc3c2=O)CC1)C(C)O. The first-order valence-electron chi connectivity index (χ1n) is 16.8. The second kappa shape index (κ2) is 16.8. The van der Waals surface area contributed by atoms with E-state index in [1.165, 1.54) is 59.9 Å². The van der Waals surface area contributed by atoms with Crippen LogP contribution in [0.3, 0.4) is 0 Å². The molecule has 53 heavy (non-hydrogen) atoms. The van der Waals surface area contributed by atoms with Crippen LogP contribution in [-0.4, -0.2) is 96.8 Å². The number of benzene rings is 3. The number of hydrogen-bond donors (Lipinski definition) is 3. The molecule has 15 nitrogen and oxygen atoms in total. The molecular weight excluding hydrogens is 713 g/mol. The van der Waals surface area contributed by atoms with E-state index in [9.17, 15) is 28.7 Å². The summed E-state index contributed by atoms with van der Waals surface area (Å²) < 4.78 is 31.1. The Morgan fingerprint density at radius 3 is 2.32 bits per heavy atom. The third-order valence-electron chi connectivity index (χ3n) is 8.70. The average molecular weight is 754 g/mol. The van der Waals surface area contributed by atoms with Crippen LogP contribution in [0.2, 0.25) is 5.02 Å². The Bertz CT molecular complexity index is 2020. The molecule has 5 rings (SSSR count). The molecule has 1 fully saturated rings. The number of carbonyl (C=O) groups excluding carboxylic acids is 3. The number of nitrogens with zero attached hydrogens (tertiary/aromatic N) is 5. The molecule has 3 N–H and O–H groups in total. The fraction of sp³-hybridized carbons (Fsp3) is 0.361. The summed E-state index contributed by atoms with van der Waals surface area (Å²) in [6, 6.07) is 12.0. The number of aliphatic hydroxyl groups excluding tert-OH is 1. The normalized spacial score (nSPS) is 14.6. The van der Waals surface area contributed by atoms with E-state index in [2.05, 4.69) is 10.6 Å². The van der Waals surface area contributed by atoms with Gasteiger partial charge >= 0.3 is 12.1 Å². The fourth-order valence-corrected chi connectivity index (χ4v) is 6.19. The number of alkyl carbamates (subject to hydrolysis) is 1. The molecule has 1 aliphatic heterocycles. The van der Waals surface area contributed by atoms with Gasteiger partial charge in [0.25, 0.3) is 5.56 Å². The first-order valence-corrected chi connectivity index (χ1v) is 17.2. The number of aliphatic hydroxyl groups is 1. The van der Waals surface area contributed by atoms with E-state index >= 15 is 0 Å². The van der Waals surface area contributed by atoms with Gasteiger partial charge in [-0.1, -0.05) is 11.6 Å². The van der Waals surface area contributed by atoms with Crippen LogP contribution in [0, 0.1) is 5.82 Å². The highest BCUT2D eigenvalue weighted by atomic mass is 35.5. The lowest BCUT2D eigenvalue weighted by molar-refractivity contribution is -0.136. The Balaban J connectivity index is 1.57. The van der Waals surface area contributed by atoms with E-state index in [4.69, 9.17) is 30.8 Å². The number of ether oxygens (including phenoxy) is 3. The summed E-state index contributed by atoms with van der Waals surface area (Å²) in [4.78, 5) is 61.9. The molecule has 0 spiro atoms. The molecule has 1 aromatic heterocycles. The van der Waals surface area contributed by atoms with Gasteiger partial charge in [-0.2, -0.15) is 0 Å². The number of methoxy groups -OCH3 is 2. The molecule has 4 amide bonds. The average Bonchev–Trinajstić information content (AvgIpc) is 3.14. The molecule has 3 unspecified atom stereocenters. The molecule has 1 saturated heterocycles. The topological polar surface area (TPSA) is 168 Å². The van der Waals surface area contributed by atoms with Crippen molar-refractivity contribution >= 4 is 51.9 Å². The van der Waals surface area contributed by atoms with Gasteiger partial charge in [0.15, 0.2) is 5.82 Å². The van der Waals surface area contributed by atoms with Crippen LogP contribution >= 0.6 is 11.6 Å². The summed E-state index contributed by atoms with van der Waals surface area (Å²) in [5, 5.41) is 17.9. The summed E-state index contributed by atoms with van der Waals surface area (Å²) >= 11 is 6.33. The molecule has 3 aromatic carbocycles. The van der Waals surface area contributed by atoms with Gasteiger partial charge in [0.05, 0.1) is 62.7 Å². The molecule has 3 atom stereocenters. The number of anilines is 2. The first kappa shape index (κ1) is 38.6. The quantitative estimate of drug-likeness (QED) is 0.201. The van der Waals surface area contributed by atoms with Crippen molar-refractivity contribution in [2.45, 2.75) is 39.0 Å². The number of rotatable bonds is 11. The van der Waals surface area contributed by atoms with Crippen LogP contribution in [-0.2, 0) is 9.53 Å². The molecular formula is C36H41ClFN7O8. The smallest absolute Gasteiger partial charge is 0.407 e. The maximum atomic E-state index is 14.4. The molecule has 0 saturated carbocycles.